The van der Waals surface area contributed by atoms with Gasteiger partial charge >= 0.3 is 0 Å². The van der Waals surface area contributed by atoms with Crippen LogP contribution in [-0.4, -0.2) is 40.7 Å². The van der Waals surface area contributed by atoms with Crippen molar-refractivity contribution in [3.63, 3.8) is 0 Å². The van der Waals surface area contributed by atoms with Crippen molar-refractivity contribution < 1.29 is 24.1 Å². The third kappa shape index (κ3) is 3.79. The van der Waals surface area contributed by atoms with Gasteiger partial charge in [0.05, 0.1) is 31.2 Å². The second-order valence-corrected chi connectivity index (χ2v) is 9.18. The van der Waals surface area contributed by atoms with Crippen LogP contribution in [0.1, 0.15) is 43.1 Å². The molecule has 0 aromatic heterocycles. The van der Waals surface area contributed by atoms with Crippen LogP contribution in [0.25, 0.3) is 0 Å². The van der Waals surface area contributed by atoms with Crippen LogP contribution in [0.2, 0.25) is 0 Å². The Morgan fingerprint density at radius 3 is 2.70 bits per heavy atom. The summed E-state index contributed by atoms with van der Waals surface area (Å²) in [5.74, 6) is 1.46. The summed E-state index contributed by atoms with van der Waals surface area (Å²) in [7, 11) is 1.61. The molecule has 0 unspecified atom stereocenters. The van der Waals surface area contributed by atoms with Gasteiger partial charge in [-0.25, -0.2) is 5.01 Å². The van der Waals surface area contributed by atoms with Crippen molar-refractivity contribution in [2.45, 2.75) is 44.6 Å². The number of hydrogen-bond acceptors (Lipinski definition) is 7. The van der Waals surface area contributed by atoms with Gasteiger partial charge in [0.15, 0.2) is 6.10 Å². The predicted octanol–water partition coefficient (Wildman–Crippen LogP) is 3.15. The van der Waals surface area contributed by atoms with Crippen LogP contribution in [-0.2, 0) is 16.1 Å². The fraction of sp³-hybridized carbons (Fsp3) is 0.400. The van der Waals surface area contributed by atoms with Crippen LogP contribution in [0.4, 0.5) is 0 Å². The topological polar surface area (TPSA) is 104 Å². The number of methoxy groups -OCH3 is 1. The second kappa shape index (κ2) is 7.78. The maximum atomic E-state index is 12.8. The number of nitriles is 1. The Morgan fingerprint density at radius 1 is 1.24 bits per heavy atom. The molecule has 8 nitrogen and oxygen atoms in total. The molecule has 5 rings (SSSR count). The fourth-order valence-electron chi connectivity index (χ4n) is 4.37. The number of hydrazone groups is 1. The predicted molar refractivity (Wildman–Crippen MR) is 118 cm³/mol. The number of ether oxygens (including phenoxy) is 3. The van der Waals surface area contributed by atoms with E-state index in [9.17, 15) is 15.2 Å². The lowest BCUT2D eigenvalue weighted by molar-refractivity contribution is -0.135. The van der Waals surface area contributed by atoms with Crippen molar-refractivity contribution in [2.24, 2.45) is 16.9 Å². The summed E-state index contributed by atoms with van der Waals surface area (Å²) in [6, 6.07) is 14.7. The highest BCUT2D eigenvalue weighted by Crippen LogP contribution is 2.48. The van der Waals surface area contributed by atoms with Gasteiger partial charge in [0.2, 0.25) is 11.8 Å². The number of benzene rings is 2. The monoisotopic (exact) mass is 447 g/mol. The molecule has 4 atom stereocenters. The number of aliphatic hydroxyl groups excluding tert-OH is 1. The summed E-state index contributed by atoms with van der Waals surface area (Å²) in [4.78, 5) is 12.8. The first kappa shape index (κ1) is 21.3. The minimum atomic E-state index is -0.994. The number of nitrogens with zero attached hydrogens (tertiary/aromatic N) is 3. The zero-order chi connectivity index (χ0) is 23.3. The molecular weight excluding hydrogens is 422 g/mol. The van der Waals surface area contributed by atoms with Crippen LogP contribution in [0.5, 0.6) is 11.5 Å². The quantitative estimate of drug-likeness (QED) is 0.772. The van der Waals surface area contributed by atoms with Gasteiger partial charge in [-0.2, -0.15) is 5.26 Å². The molecule has 2 aliphatic heterocycles. The summed E-state index contributed by atoms with van der Waals surface area (Å²) in [5, 5.41) is 26.4. The molecule has 2 heterocycles. The molecule has 1 fully saturated rings. The number of hydrogen-bond donors (Lipinski definition) is 1. The van der Waals surface area contributed by atoms with Gasteiger partial charge in [-0.05, 0) is 56.2 Å². The van der Waals surface area contributed by atoms with Gasteiger partial charge in [-0.1, -0.05) is 12.1 Å². The van der Waals surface area contributed by atoms with Crippen LogP contribution < -0.4 is 9.47 Å². The number of aliphatic hydroxyl groups is 1. The van der Waals surface area contributed by atoms with E-state index in [1.54, 1.807) is 39.2 Å². The first-order valence-electron chi connectivity index (χ1n) is 10.9. The van der Waals surface area contributed by atoms with Gasteiger partial charge in [0.25, 0.3) is 0 Å². The molecule has 1 N–H and O–H groups in total. The average Bonchev–Trinajstić information content (AvgIpc) is 3.61. The van der Waals surface area contributed by atoms with Crippen LogP contribution in [0, 0.1) is 23.2 Å². The van der Waals surface area contributed by atoms with E-state index in [2.05, 4.69) is 11.2 Å². The largest absolute Gasteiger partial charge is 0.497 e. The number of fused-ring (bicyclic) bond motifs is 2. The highest BCUT2D eigenvalue weighted by atomic mass is 16.5. The lowest BCUT2D eigenvalue weighted by atomic mass is 9.87. The second-order valence-electron chi connectivity index (χ2n) is 9.18. The first-order valence-corrected chi connectivity index (χ1v) is 10.9. The molecular formula is C25H25N3O5. The van der Waals surface area contributed by atoms with E-state index in [4.69, 9.17) is 14.2 Å². The van der Waals surface area contributed by atoms with E-state index < -0.39 is 17.8 Å². The summed E-state index contributed by atoms with van der Waals surface area (Å²) in [6.45, 7) is 3.89. The van der Waals surface area contributed by atoms with E-state index in [0.29, 0.717) is 35.7 Å². The molecule has 0 bridgehead atoms. The Kier molecular flexibility index (Phi) is 5.02. The fourth-order valence-corrected chi connectivity index (χ4v) is 4.37. The van der Waals surface area contributed by atoms with E-state index >= 15 is 0 Å². The van der Waals surface area contributed by atoms with Gasteiger partial charge in [0, 0.05) is 11.5 Å². The Labute approximate surface area is 192 Å². The molecule has 1 amide bonds. The molecule has 3 aliphatic rings. The molecule has 1 aliphatic carbocycles. The normalized spacial score (nSPS) is 26.8. The first-order chi connectivity index (χ1) is 15.8. The lowest BCUT2D eigenvalue weighted by Gasteiger charge is -2.42. The van der Waals surface area contributed by atoms with Gasteiger partial charge in [0.1, 0.15) is 23.2 Å². The Morgan fingerprint density at radius 2 is 2.00 bits per heavy atom. The Balaban J connectivity index is 1.44. The highest BCUT2D eigenvalue weighted by Gasteiger charge is 2.55. The van der Waals surface area contributed by atoms with Crippen molar-refractivity contribution in [2.75, 3.05) is 7.11 Å². The van der Waals surface area contributed by atoms with Crippen LogP contribution in [0.15, 0.2) is 47.6 Å². The number of amides is 1. The van der Waals surface area contributed by atoms with Crippen molar-refractivity contribution in [3.05, 3.63) is 59.2 Å². The zero-order valence-corrected chi connectivity index (χ0v) is 18.7. The van der Waals surface area contributed by atoms with Crippen molar-refractivity contribution in [1.29, 1.82) is 5.26 Å². The third-order valence-electron chi connectivity index (χ3n) is 6.46. The van der Waals surface area contributed by atoms with Crippen molar-refractivity contribution in [3.8, 4) is 17.6 Å². The molecule has 2 aromatic carbocycles. The Hall–Kier alpha value is -3.57. The minimum Gasteiger partial charge on any atom is -0.497 e. The molecule has 1 saturated carbocycles. The summed E-state index contributed by atoms with van der Waals surface area (Å²) in [6.07, 6.45) is -1.09. The molecule has 0 radical (unpaired) electrons. The zero-order valence-electron chi connectivity index (χ0n) is 18.7. The van der Waals surface area contributed by atoms with E-state index in [0.717, 1.165) is 11.3 Å². The average molecular weight is 447 g/mol. The molecule has 33 heavy (non-hydrogen) atoms. The highest BCUT2D eigenvalue weighted by molar-refractivity contribution is 5.96. The minimum absolute atomic E-state index is 0.0248. The molecule has 170 valence electrons. The van der Waals surface area contributed by atoms with E-state index in [-0.39, 0.29) is 17.7 Å². The van der Waals surface area contributed by atoms with Gasteiger partial charge < -0.3 is 19.3 Å². The van der Waals surface area contributed by atoms with Crippen LogP contribution in [0.3, 0.4) is 0 Å². The van der Waals surface area contributed by atoms with E-state index in [1.165, 1.54) is 5.01 Å². The number of carbonyl (C=O) groups is 1. The lowest BCUT2D eigenvalue weighted by Crippen LogP contribution is -2.50. The number of rotatable bonds is 4. The molecule has 0 saturated heterocycles. The van der Waals surface area contributed by atoms with Crippen LogP contribution >= 0.6 is 0 Å². The van der Waals surface area contributed by atoms with E-state index in [1.807, 2.05) is 24.3 Å². The SMILES string of the molecule is COc1ccc(CN2N=C(O[C@@H]3c4cc(C#N)ccc4OC(C)(C)[C@H]3O)[C@@H]3C[C@@H]3C2=O)cc1. The maximum Gasteiger partial charge on any atom is 0.247 e. The number of carbonyl (C=O) groups excluding carboxylic acids is 1. The molecule has 2 aromatic rings. The van der Waals surface area contributed by atoms with Crippen molar-refractivity contribution >= 4 is 11.8 Å². The summed E-state index contributed by atoms with van der Waals surface area (Å²) in [5.41, 5.74) is 1.06. The van der Waals surface area contributed by atoms with Gasteiger partial charge in [-0.3, -0.25) is 4.79 Å². The van der Waals surface area contributed by atoms with Gasteiger partial charge in [-0.15, -0.1) is 5.10 Å². The Bertz CT molecular complexity index is 1170. The molecule has 8 heteroatoms. The maximum absolute atomic E-state index is 12.8. The third-order valence-corrected chi connectivity index (χ3v) is 6.46. The van der Waals surface area contributed by atoms with Crippen molar-refractivity contribution in [1.82, 2.24) is 5.01 Å². The summed E-state index contributed by atoms with van der Waals surface area (Å²) >= 11 is 0. The smallest absolute Gasteiger partial charge is 0.247 e. The summed E-state index contributed by atoms with van der Waals surface area (Å²) < 4.78 is 17.5. The molecule has 0 spiro atoms. The standard InChI is InChI=1S/C25H25N3O5/c1-25(2)22(29)21(19-10-15(12-26)6-9-20(19)33-25)32-23-17-11-18(17)24(30)28(27-23)13-14-4-7-16(31-3)8-5-14/h4-10,17-18,21-22,29H,11,13H2,1-3H3/t17-,18+,21-,22+/m1/s1.